The normalized spacial score (nSPS) is 24.2. The highest BCUT2D eigenvalue weighted by Gasteiger charge is 2.35. The summed E-state index contributed by atoms with van der Waals surface area (Å²) in [6.45, 7) is 3.88. The fourth-order valence-electron chi connectivity index (χ4n) is 3.10. The Morgan fingerprint density at radius 3 is 2.75 bits per heavy atom. The number of hydrogen-bond donors (Lipinski definition) is 1. The maximum atomic E-state index is 13.0. The van der Waals surface area contributed by atoms with E-state index in [4.69, 9.17) is 4.42 Å². The van der Waals surface area contributed by atoms with Gasteiger partial charge in [0.15, 0.2) is 0 Å². The van der Waals surface area contributed by atoms with Crippen molar-refractivity contribution in [2.75, 3.05) is 13.1 Å². The van der Waals surface area contributed by atoms with Gasteiger partial charge in [-0.2, -0.15) is 13.2 Å². The predicted octanol–water partition coefficient (Wildman–Crippen LogP) is 4.16. The molecule has 0 saturated carbocycles. The maximum Gasteiger partial charge on any atom is 0.417 e. The molecule has 2 atom stereocenters. The molecule has 1 aliphatic heterocycles. The largest absolute Gasteiger partial charge is 0.464 e. The first-order chi connectivity index (χ1) is 9.48. The van der Waals surface area contributed by atoms with Gasteiger partial charge in [-0.25, -0.2) is 0 Å². The Kier molecular flexibility index (Phi) is 3.24. The first-order valence-electron chi connectivity index (χ1n) is 6.76. The summed E-state index contributed by atoms with van der Waals surface area (Å²) in [6.07, 6.45) is -2.09. The van der Waals surface area contributed by atoms with Crippen LogP contribution in [0.25, 0.3) is 11.0 Å². The molecule has 2 nitrogen and oxygen atoms in total. The molecule has 2 aromatic rings. The van der Waals surface area contributed by atoms with Gasteiger partial charge in [-0.15, -0.1) is 0 Å². The fraction of sp³-hybridized carbons (Fsp3) is 0.467. The summed E-state index contributed by atoms with van der Waals surface area (Å²) in [7, 11) is 0. The zero-order valence-corrected chi connectivity index (χ0v) is 11.1. The van der Waals surface area contributed by atoms with E-state index in [1.807, 2.05) is 0 Å². The van der Waals surface area contributed by atoms with Crippen molar-refractivity contribution in [2.24, 2.45) is 5.92 Å². The standard InChI is InChI=1S/C15H16F3NO/c1-9-8-19-6-4-10(9)11-2-3-13(15(16,17)18)12-5-7-20-14(11)12/h2-3,5,7,9-10,19H,4,6,8H2,1H3/t9-,10+/m0/s1. The SMILES string of the molecule is C[C@H]1CNCC[C@H]1c1ccc(C(F)(F)F)c2ccoc12. The van der Waals surface area contributed by atoms with Gasteiger partial charge in [0.25, 0.3) is 0 Å². The van der Waals surface area contributed by atoms with Crippen LogP contribution in [0, 0.1) is 5.92 Å². The summed E-state index contributed by atoms with van der Waals surface area (Å²) in [5, 5.41) is 3.47. The molecular weight excluding hydrogens is 267 g/mol. The lowest BCUT2D eigenvalue weighted by atomic mass is 9.81. The third-order valence-electron chi connectivity index (χ3n) is 4.14. The van der Waals surface area contributed by atoms with Gasteiger partial charge < -0.3 is 9.73 Å². The Labute approximate surface area is 115 Å². The van der Waals surface area contributed by atoms with E-state index < -0.39 is 11.7 Å². The summed E-state index contributed by atoms with van der Waals surface area (Å²) in [5.74, 6) is 0.626. The molecule has 0 spiro atoms. The van der Waals surface area contributed by atoms with Crippen LogP contribution in [0.5, 0.6) is 0 Å². The van der Waals surface area contributed by atoms with E-state index in [9.17, 15) is 13.2 Å². The first-order valence-corrected chi connectivity index (χ1v) is 6.76. The molecule has 1 saturated heterocycles. The lowest BCUT2D eigenvalue weighted by molar-refractivity contribution is -0.136. The van der Waals surface area contributed by atoms with Crippen molar-refractivity contribution in [3.63, 3.8) is 0 Å². The minimum Gasteiger partial charge on any atom is -0.464 e. The van der Waals surface area contributed by atoms with Crippen molar-refractivity contribution >= 4 is 11.0 Å². The average molecular weight is 283 g/mol. The van der Waals surface area contributed by atoms with E-state index in [0.29, 0.717) is 11.5 Å². The second-order valence-corrected chi connectivity index (χ2v) is 5.44. The van der Waals surface area contributed by atoms with Crippen LogP contribution in [0.2, 0.25) is 0 Å². The molecule has 0 unspecified atom stereocenters. The van der Waals surface area contributed by atoms with Crippen molar-refractivity contribution in [1.82, 2.24) is 5.32 Å². The monoisotopic (exact) mass is 283 g/mol. The number of alkyl halides is 3. The molecular formula is C15H16F3NO. The molecule has 108 valence electrons. The molecule has 2 heterocycles. The van der Waals surface area contributed by atoms with Crippen molar-refractivity contribution < 1.29 is 17.6 Å². The zero-order chi connectivity index (χ0) is 14.3. The number of piperidine rings is 1. The molecule has 3 rings (SSSR count). The van der Waals surface area contributed by atoms with E-state index in [0.717, 1.165) is 25.1 Å². The lowest BCUT2D eigenvalue weighted by Gasteiger charge is -2.30. The number of benzene rings is 1. The molecule has 1 aromatic carbocycles. The summed E-state index contributed by atoms with van der Waals surface area (Å²) in [5.41, 5.74) is 0.664. The third-order valence-corrected chi connectivity index (χ3v) is 4.14. The summed E-state index contributed by atoms with van der Waals surface area (Å²) in [6, 6.07) is 4.18. The molecule has 0 aliphatic carbocycles. The van der Waals surface area contributed by atoms with Crippen LogP contribution in [0.15, 0.2) is 28.9 Å². The van der Waals surface area contributed by atoms with E-state index >= 15 is 0 Å². The fourth-order valence-corrected chi connectivity index (χ4v) is 3.10. The molecule has 0 amide bonds. The maximum absolute atomic E-state index is 13.0. The van der Waals surface area contributed by atoms with Crippen molar-refractivity contribution in [3.05, 3.63) is 35.6 Å². The number of nitrogens with one attached hydrogen (secondary N) is 1. The average Bonchev–Trinajstić information content (AvgIpc) is 2.86. The molecule has 0 bridgehead atoms. The van der Waals surface area contributed by atoms with E-state index in [1.165, 1.54) is 18.4 Å². The van der Waals surface area contributed by atoms with Gasteiger partial charge in [0.1, 0.15) is 5.58 Å². The molecule has 1 fully saturated rings. The molecule has 1 aromatic heterocycles. The van der Waals surface area contributed by atoms with Gasteiger partial charge in [-0.1, -0.05) is 13.0 Å². The zero-order valence-electron chi connectivity index (χ0n) is 11.1. The Hall–Kier alpha value is -1.49. The van der Waals surface area contributed by atoms with Gasteiger partial charge in [0.2, 0.25) is 0 Å². The van der Waals surface area contributed by atoms with Gasteiger partial charge in [0, 0.05) is 5.39 Å². The van der Waals surface area contributed by atoms with Gasteiger partial charge in [-0.3, -0.25) is 0 Å². The van der Waals surface area contributed by atoms with Gasteiger partial charge in [-0.05, 0) is 49.0 Å². The quantitative estimate of drug-likeness (QED) is 0.850. The third kappa shape index (κ3) is 2.20. The van der Waals surface area contributed by atoms with E-state index in [-0.39, 0.29) is 11.3 Å². The molecule has 1 aliphatic rings. The Morgan fingerprint density at radius 2 is 2.05 bits per heavy atom. The second kappa shape index (κ2) is 4.81. The second-order valence-electron chi connectivity index (χ2n) is 5.44. The molecule has 1 N–H and O–H groups in total. The highest BCUT2D eigenvalue weighted by atomic mass is 19.4. The minimum atomic E-state index is -4.35. The van der Waals surface area contributed by atoms with E-state index in [1.54, 1.807) is 6.07 Å². The topological polar surface area (TPSA) is 25.2 Å². The number of rotatable bonds is 1. The number of fused-ring (bicyclic) bond motifs is 1. The van der Waals surface area contributed by atoms with Gasteiger partial charge >= 0.3 is 6.18 Å². The van der Waals surface area contributed by atoms with E-state index in [2.05, 4.69) is 12.2 Å². The highest BCUT2D eigenvalue weighted by molar-refractivity contribution is 5.85. The Balaban J connectivity index is 2.12. The van der Waals surface area contributed by atoms with Crippen LogP contribution in [0.1, 0.15) is 30.4 Å². The van der Waals surface area contributed by atoms with Crippen molar-refractivity contribution in [1.29, 1.82) is 0 Å². The Bertz CT molecular complexity index is 617. The summed E-state index contributed by atoms with van der Waals surface area (Å²) < 4.78 is 44.3. The van der Waals surface area contributed by atoms with Crippen LogP contribution < -0.4 is 5.32 Å². The van der Waals surface area contributed by atoms with Crippen LogP contribution in [-0.4, -0.2) is 13.1 Å². The number of halogens is 3. The Morgan fingerprint density at radius 1 is 1.25 bits per heavy atom. The highest BCUT2D eigenvalue weighted by Crippen LogP contribution is 2.40. The summed E-state index contributed by atoms with van der Waals surface area (Å²) in [4.78, 5) is 0. The van der Waals surface area contributed by atoms with Gasteiger partial charge in [0.05, 0.1) is 11.8 Å². The van der Waals surface area contributed by atoms with Crippen LogP contribution in [-0.2, 0) is 6.18 Å². The number of hydrogen-bond acceptors (Lipinski definition) is 2. The minimum absolute atomic E-state index is 0.167. The smallest absolute Gasteiger partial charge is 0.417 e. The molecule has 5 heteroatoms. The predicted molar refractivity (Wildman–Crippen MR) is 70.6 cm³/mol. The van der Waals surface area contributed by atoms with Crippen LogP contribution in [0.3, 0.4) is 0 Å². The number of furan rings is 1. The van der Waals surface area contributed by atoms with Crippen LogP contribution in [0.4, 0.5) is 13.2 Å². The lowest BCUT2D eigenvalue weighted by Crippen LogP contribution is -2.33. The van der Waals surface area contributed by atoms with Crippen LogP contribution >= 0.6 is 0 Å². The van der Waals surface area contributed by atoms with Crippen molar-refractivity contribution in [2.45, 2.75) is 25.4 Å². The summed E-state index contributed by atoms with van der Waals surface area (Å²) >= 11 is 0. The van der Waals surface area contributed by atoms with Crippen molar-refractivity contribution in [3.8, 4) is 0 Å². The first kappa shape index (κ1) is 13.5. The molecule has 0 radical (unpaired) electrons. The molecule has 20 heavy (non-hydrogen) atoms.